The van der Waals surface area contributed by atoms with Crippen LogP contribution >= 0.6 is 0 Å². The Morgan fingerprint density at radius 3 is 1.78 bits per heavy atom. The quantitative estimate of drug-likeness (QED) is 0.127. The topological polar surface area (TPSA) is 251 Å². The molecular formula is C18H31N5O9. The van der Waals surface area contributed by atoms with E-state index in [9.17, 15) is 33.9 Å². The fourth-order valence-corrected chi connectivity index (χ4v) is 2.42. The molecule has 0 radical (unpaired) electrons. The molecule has 14 heteroatoms. The summed E-state index contributed by atoms with van der Waals surface area (Å²) >= 11 is 0. The van der Waals surface area contributed by atoms with Crippen LogP contribution in [0.1, 0.15) is 40.0 Å². The number of carboxylic acid groups (broad SMARTS) is 2. The van der Waals surface area contributed by atoms with Crippen LogP contribution in [-0.2, 0) is 28.8 Å². The minimum atomic E-state index is -1.81. The second-order valence-electron chi connectivity index (χ2n) is 7.56. The molecule has 0 aromatic carbocycles. The van der Waals surface area contributed by atoms with Crippen molar-refractivity contribution in [1.82, 2.24) is 16.0 Å². The van der Waals surface area contributed by atoms with Crippen molar-refractivity contribution in [3.05, 3.63) is 0 Å². The molecule has 4 amide bonds. The highest BCUT2D eigenvalue weighted by atomic mass is 16.4. The lowest BCUT2D eigenvalue weighted by Crippen LogP contribution is -2.60. The smallest absolute Gasteiger partial charge is 0.326 e. The van der Waals surface area contributed by atoms with E-state index in [0.717, 1.165) is 6.92 Å². The zero-order chi connectivity index (χ0) is 25.2. The van der Waals surface area contributed by atoms with Gasteiger partial charge >= 0.3 is 11.9 Å². The van der Waals surface area contributed by atoms with Crippen LogP contribution in [0.25, 0.3) is 0 Å². The Morgan fingerprint density at radius 1 is 0.844 bits per heavy atom. The van der Waals surface area contributed by atoms with E-state index in [1.54, 1.807) is 13.8 Å². The van der Waals surface area contributed by atoms with Gasteiger partial charge in [-0.15, -0.1) is 0 Å². The first-order chi connectivity index (χ1) is 14.7. The molecule has 5 atom stereocenters. The summed E-state index contributed by atoms with van der Waals surface area (Å²) in [5, 5.41) is 34.1. The standard InChI is InChI=1S/C18H31N5O9/c1-7(2)13(20)16(29)21-9(4-5-11(19)25)15(28)23-14(8(3)24)17(30)22-10(18(31)32)6-12(26)27/h7-10,13-14,24H,4-6,20H2,1-3H3,(H2,19,25)(H,21,29)(H,22,30)(H,23,28)(H,26,27)(H,31,32). The molecule has 0 rings (SSSR count). The monoisotopic (exact) mass is 461 g/mol. The summed E-state index contributed by atoms with van der Waals surface area (Å²) in [6, 6.07) is -5.82. The molecular weight excluding hydrogens is 430 g/mol. The Labute approximate surface area is 184 Å². The fourth-order valence-electron chi connectivity index (χ4n) is 2.42. The Morgan fingerprint density at radius 2 is 1.38 bits per heavy atom. The van der Waals surface area contributed by atoms with E-state index in [1.165, 1.54) is 0 Å². The fraction of sp³-hybridized carbons (Fsp3) is 0.667. The largest absolute Gasteiger partial charge is 0.481 e. The van der Waals surface area contributed by atoms with Gasteiger partial charge in [0.2, 0.25) is 23.6 Å². The van der Waals surface area contributed by atoms with Crippen LogP contribution in [0.2, 0.25) is 0 Å². The van der Waals surface area contributed by atoms with Crippen molar-refractivity contribution in [2.45, 2.75) is 70.3 Å². The number of amides is 4. The third kappa shape index (κ3) is 10.2. The van der Waals surface area contributed by atoms with E-state index in [2.05, 4.69) is 10.6 Å². The van der Waals surface area contributed by atoms with Crippen molar-refractivity contribution < 1.29 is 44.1 Å². The van der Waals surface area contributed by atoms with Gasteiger partial charge in [0.05, 0.1) is 18.6 Å². The first kappa shape index (κ1) is 28.7. The second-order valence-corrected chi connectivity index (χ2v) is 7.56. The number of aliphatic carboxylic acids is 2. The van der Waals surface area contributed by atoms with Crippen LogP contribution in [-0.4, -0.2) is 81.2 Å². The number of hydrogen-bond acceptors (Lipinski definition) is 8. The molecule has 0 aliphatic heterocycles. The van der Waals surface area contributed by atoms with Crippen LogP contribution in [0.15, 0.2) is 0 Å². The van der Waals surface area contributed by atoms with Gasteiger partial charge in [0.25, 0.3) is 0 Å². The molecule has 0 bridgehead atoms. The lowest BCUT2D eigenvalue weighted by molar-refractivity contribution is -0.148. The number of carbonyl (C=O) groups is 6. The lowest BCUT2D eigenvalue weighted by atomic mass is 10.0. The van der Waals surface area contributed by atoms with Gasteiger partial charge in [-0.3, -0.25) is 24.0 Å². The van der Waals surface area contributed by atoms with Crippen molar-refractivity contribution >= 4 is 35.6 Å². The van der Waals surface area contributed by atoms with Gasteiger partial charge in [-0.25, -0.2) is 4.79 Å². The minimum absolute atomic E-state index is 0.233. The van der Waals surface area contributed by atoms with Crippen LogP contribution in [0.3, 0.4) is 0 Å². The average Bonchev–Trinajstić information content (AvgIpc) is 2.66. The van der Waals surface area contributed by atoms with Gasteiger partial charge in [0.15, 0.2) is 0 Å². The van der Waals surface area contributed by atoms with Crippen molar-refractivity contribution in [3.63, 3.8) is 0 Å². The third-order valence-corrected chi connectivity index (χ3v) is 4.39. The summed E-state index contributed by atoms with van der Waals surface area (Å²) in [4.78, 5) is 70.4. The molecule has 0 aliphatic rings. The number of aliphatic hydroxyl groups is 1. The van der Waals surface area contributed by atoms with Crippen LogP contribution in [0.4, 0.5) is 0 Å². The summed E-state index contributed by atoms with van der Waals surface area (Å²) in [6.45, 7) is 4.47. The van der Waals surface area contributed by atoms with Gasteiger partial charge < -0.3 is 42.7 Å². The molecule has 182 valence electrons. The van der Waals surface area contributed by atoms with Crippen LogP contribution < -0.4 is 27.4 Å². The SMILES string of the molecule is CC(C)C(N)C(=O)NC(CCC(N)=O)C(=O)NC(C(=O)NC(CC(=O)O)C(=O)O)C(C)O. The molecule has 10 N–H and O–H groups in total. The highest BCUT2D eigenvalue weighted by molar-refractivity contribution is 5.95. The molecule has 0 heterocycles. The number of nitrogens with one attached hydrogen (secondary N) is 3. The zero-order valence-corrected chi connectivity index (χ0v) is 18.0. The third-order valence-electron chi connectivity index (χ3n) is 4.39. The second kappa shape index (κ2) is 13.2. The number of carboxylic acids is 2. The molecule has 0 saturated carbocycles. The van der Waals surface area contributed by atoms with Crippen molar-refractivity contribution in [3.8, 4) is 0 Å². The number of hydrogen-bond donors (Lipinski definition) is 8. The molecule has 5 unspecified atom stereocenters. The Hall–Kier alpha value is -3.26. The maximum absolute atomic E-state index is 12.7. The van der Waals surface area contributed by atoms with Gasteiger partial charge in [-0.05, 0) is 19.3 Å². The van der Waals surface area contributed by atoms with Crippen LogP contribution in [0.5, 0.6) is 0 Å². The number of rotatable bonds is 14. The van der Waals surface area contributed by atoms with E-state index in [0.29, 0.717) is 0 Å². The number of carbonyl (C=O) groups excluding carboxylic acids is 4. The van der Waals surface area contributed by atoms with E-state index < -0.39 is 72.3 Å². The van der Waals surface area contributed by atoms with Crippen molar-refractivity contribution in [1.29, 1.82) is 0 Å². The average molecular weight is 461 g/mol. The molecule has 14 nitrogen and oxygen atoms in total. The van der Waals surface area contributed by atoms with Gasteiger partial charge in [0, 0.05) is 6.42 Å². The van der Waals surface area contributed by atoms with Gasteiger partial charge in [-0.2, -0.15) is 0 Å². The summed E-state index contributed by atoms with van der Waals surface area (Å²) < 4.78 is 0. The summed E-state index contributed by atoms with van der Waals surface area (Å²) in [6.07, 6.45) is -2.99. The first-order valence-electron chi connectivity index (χ1n) is 9.75. The maximum atomic E-state index is 12.7. The molecule has 32 heavy (non-hydrogen) atoms. The zero-order valence-electron chi connectivity index (χ0n) is 18.0. The summed E-state index contributed by atoms with van der Waals surface area (Å²) in [7, 11) is 0. The molecule has 0 spiro atoms. The van der Waals surface area contributed by atoms with E-state index in [1.807, 2.05) is 5.32 Å². The number of primary amides is 1. The predicted molar refractivity (Wildman–Crippen MR) is 109 cm³/mol. The lowest BCUT2D eigenvalue weighted by Gasteiger charge is -2.26. The van der Waals surface area contributed by atoms with Crippen molar-refractivity contribution in [2.24, 2.45) is 17.4 Å². The van der Waals surface area contributed by atoms with E-state index >= 15 is 0 Å². The Kier molecular flexibility index (Phi) is 11.9. The highest BCUT2D eigenvalue weighted by Crippen LogP contribution is 2.05. The molecule has 0 fully saturated rings. The molecule has 0 aliphatic carbocycles. The van der Waals surface area contributed by atoms with E-state index in [-0.39, 0.29) is 18.8 Å². The number of aliphatic hydroxyl groups excluding tert-OH is 1. The molecule has 0 aromatic rings. The summed E-state index contributed by atoms with van der Waals surface area (Å²) in [5.74, 6) is -6.99. The summed E-state index contributed by atoms with van der Waals surface area (Å²) in [5.41, 5.74) is 10.8. The van der Waals surface area contributed by atoms with Gasteiger partial charge in [-0.1, -0.05) is 13.8 Å². The van der Waals surface area contributed by atoms with Crippen molar-refractivity contribution in [2.75, 3.05) is 0 Å². The number of nitrogens with two attached hydrogens (primary N) is 2. The molecule has 0 saturated heterocycles. The highest BCUT2D eigenvalue weighted by Gasteiger charge is 2.33. The van der Waals surface area contributed by atoms with Gasteiger partial charge in [0.1, 0.15) is 18.1 Å². The Balaban J connectivity index is 5.51. The predicted octanol–water partition coefficient (Wildman–Crippen LogP) is -3.37. The molecule has 0 aromatic heterocycles. The maximum Gasteiger partial charge on any atom is 0.326 e. The Bertz CT molecular complexity index is 726. The minimum Gasteiger partial charge on any atom is -0.481 e. The first-order valence-corrected chi connectivity index (χ1v) is 9.75. The van der Waals surface area contributed by atoms with Crippen LogP contribution in [0, 0.1) is 5.92 Å². The normalized spacial score (nSPS) is 15.6. The van der Waals surface area contributed by atoms with E-state index in [4.69, 9.17) is 21.7 Å².